The van der Waals surface area contributed by atoms with Gasteiger partial charge in [0.05, 0.1) is 6.17 Å². The van der Waals surface area contributed by atoms with Crippen molar-refractivity contribution >= 4 is 11.8 Å². The monoisotopic (exact) mass is 406 g/mol. The van der Waals surface area contributed by atoms with E-state index >= 15 is 0 Å². The van der Waals surface area contributed by atoms with Crippen molar-refractivity contribution in [1.82, 2.24) is 30.2 Å². The third-order valence-corrected chi connectivity index (χ3v) is 7.58. The van der Waals surface area contributed by atoms with Crippen molar-refractivity contribution in [1.29, 1.82) is 0 Å². The van der Waals surface area contributed by atoms with Crippen LogP contribution in [0.2, 0.25) is 0 Å². The van der Waals surface area contributed by atoms with Crippen LogP contribution in [0.5, 0.6) is 0 Å². The SMILES string of the molecule is CN1CC[C@H]2[C@H]1C(=O)NC[C@H](CCC(=O)N1CCN(C3CCCCN3)CC1)N2C. The topological polar surface area (TPSA) is 71.2 Å². The normalized spacial score (nSPS) is 35.2. The van der Waals surface area contributed by atoms with Gasteiger partial charge in [-0.15, -0.1) is 0 Å². The summed E-state index contributed by atoms with van der Waals surface area (Å²) in [7, 11) is 4.16. The molecule has 0 aromatic carbocycles. The van der Waals surface area contributed by atoms with Gasteiger partial charge >= 0.3 is 0 Å². The Morgan fingerprint density at radius 1 is 1.07 bits per heavy atom. The Labute approximate surface area is 174 Å². The van der Waals surface area contributed by atoms with Gasteiger partial charge in [-0.05, 0) is 52.7 Å². The lowest BCUT2D eigenvalue weighted by molar-refractivity contribution is -0.134. The molecule has 0 saturated carbocycles. The minimum atomic E-state index is -0.0535. The fraction of sp³-hybridized carbons (Fsp3) is 0.905. The highest BCUT2D eigenvalue weighted by atomic mass is 16.2. The molecule has 0 bridgehead atoms. The Morgan fingerprint density at radius 2 is 1.86 bits per heavy atom. The van der Waals surface area contributed by atoms with E-state index in [0.717, 1.165) is 52.1 Å². The Kier molecular flexibility index (Phi) is 6.73. The van der Waals surface area contributed by atoms with Crippen molar-refractivity contribution in [3.63, 3.8) is 0 Å². The molecule has 4 rings (SSSR count). The Bertz CT molecular complexity index is 588. The second-order valence-corrected chi connectivity index (χ2v) is 9.27. The Morgan fingerprint density at radius 3 is 2.59 bits per heavy atom. The lowest BCUT2D eigenvalue weighted by atomic mass is 10.0. The molecule has 0 aromatic rings. The maximum Gasteiger partial charge on any atom is 0.239 e. The summed E-state index contributed by atoms with van der Waals surface area (Å²) in [6, 6.07) is 0.438. The number of piperidine rings is 1. The summed E-state index contributed by atoms with van der Waals surface area (Å²) in [5, 5.41) is 6.73. The molecule has 2 N–H and O–H groups in total. The molecule has 1 unspecified atom stereocenters. The number of hydrogen-bond donors (Lipinski definition) is 2. The van der Waals surface area contributed by atoms with E-state index in [9.17, 15) is 9.59 Å². The zero-order valence-corrected chi connectivity index (χ0v) is 18.1. The van der Waals surface area contributed by atoms with Crippen LogP contribution in [-0.2, 0) is 9.59 Å². The van der Waals surface area contributed by atoms with E-state index in [2.05, 4.69) is 32.4 Å². The molecule has 4 aliphatic heterocycles. The van der Waals surface area contributed by atoms with E-state index in [0.29, 0.717) is 19.1 Å². The quantitative estimate of drug-likeness (QED) is 0.657. The molecule has 8 heteroatoms. The molecule has 29 heavy (non-hydrogen) atoms. The van der Waals surface area contributed by atoms with E-state index in [1.54, 1.807) is 0 Å². The molecular formula is C21H38N6O2. The molecule has 8 nitrogen and oxygen atoms in total. The Balaban J connectivity index is 1.25. The van der Waals surface area contributed by atoms with Crippen LogP contribution < -0.4 is 10.6 Å². The number of carbonyl (C=O) groups excluding carboxylic acids is 2. The predicted molar refractivity (Wildman–Crippen MR) is 112 cm³/mol. The van der Waals surface area contributed by atoms with Crippen LogP contribution in [0.1, 0.15) is 38.5 Å². The minimum absolute atomic E-state index is 0.0535. The molecule has 4 aliphatic rings. The van der Waals surface area contributed by atoms with Crippen molar-refractivity contribution in [2.24, 2.45) is 0 Å². The van der Waals surface area contributed by atoms with Gasteiger partial charge in [0.1, 0.15) is 6.04 Å². The molecule has 4 heterocycles. The van der Waals surface area contributed by atoms with Gasteiger partial charge in [-0.25, -0.2) is 0 Å². The summed E-state index contributed by atoms with van der Waals surface area (Å²) >= 11 is 0. The first-order chi connectivity index (χ1) is 14.0. The number of fused-ring (bicyclic) bond motifs is 1. The van der Waals surface area contributed by atoms with Crippen molar-refractivity contribution in [2.75, 3.05) is 59.9 Å². The van der Waals surface area contributed by atoms with Gasteiger partial charge in [-0.2, -0.15) is 0 Å². The average Bonchev–Trinajstić information content (AvgIpc) is 3.09. The average molecular weight is 407 g/mol. The summed E-state index contributed by atoms with van der Waals surface area (Å²) in [5.74, 6) is 0.411. The van der Waals surface area contributed by atoms with Gasteiger partial charge in [0.25, 0.3) is 0 Å². The van der Waals surface area contributed by atoms with Crippen molar-refractivity contribution in [3.05, 3.63) is 0 Å². The van der Waals surface area contributed by atoms with Gasteiger partial charge in [-0.3, -0.25) is 24.3 Å². The summed E-state index contributed by atoms with van der Waals surface area (Å²) < 4.78 is 0. The Hall–Kier alpha value is -1.22. The van der Waals surface area contributed by atoms with Gasteiger partial charge in [-0.1, -0.05) is 0 Å². The maximum atomic E-state index is 12.8. The van der Waals surface area contributed by atoms with Crippen molar-refractivity contribution < 1.29 is 9.59 Å². The molecule has 4 atom stereocenters. The zero-order valence-electron chi connectivity index (χ0n) is 18.1. The summed E-state index contributed by atoms with van der Waals surface area (Å²) in [4.78, 5) is 34.4. The largest absolute Gasteiger partial charge is 0.353 e. The smallest absolute Gasteiger partial charge is 0.239 e. The van der Waals surface area contributed by atoms with E-state index < -0.39 is 0 Å². The fourth-order valence-corrected chi connectivity index (χ4v) is 5.65. The second-order valence-electron chi connectivity index (χ2n) is 9.27. The number of likely N-dealkylation sites (tertiary alicyclic amines) is 1. The van der Waals surface area contributed by atoms with Gasteiger partial charge < -0.3 is 15.5 Å². The van der Waals surface area contributed by atoms with Crippen LogP contribution in [0.4, 0.5) is 0 Å². The van der Waals surface area contributed by atoms with E-state index in [1.807, 2.05) is 11.9 Å². The minimum Gasteiger partial charge on any atom is -0.353 e. The first-order valence-electron chi connectivity index (χ1n) is 11.5. The number of nitrogens with one attached hydrogen (secondary N) is 2. The van der Waals surface area contributed by atoms with Crippen LogP contribution in [0.25, 0.3) is 0 Å². The number of rotatable bonds is 4. The number of carbonyl (C=O) groups is 2. The highest BCUT2D eigenvalue weighted by Crippen LogP contribution is 2.26. The van der Waals surface area contributed by atoms with Crippen LogP contribution >= 0.6 is 0 Å². The zero-order chi connectivity index (χ0) is 20.4. The van der Waals surface area contributed by atoms with E-state index in [1.165, 1.54) is 19.3 Å². The molecule has 0 aromatic heterocycles. The van der Waals surface area contributed by atoms with E-state index in [4.69, 9.17) is 0 Å². The molecule has 0 aliphatic carbocycles. The standard InChI is InChI=1S/C21H38N6O2/c1-24-10-8-17-20(24)21(29)23-15-16(25(17)2)6-7-19(28)27-13-11-26(12-14-27)18-5-3-4-9-22-18/h16-18,20,22H,3-15H2,1-2H3,(H,23,29)/t16-,17-,18?,20-/m0/s1. The summed E-state index contributed by atoms with van der Waals surface area (Å²) in [6.45, 7) is 6.33. The van der Waals surface area contributed by atoms with Crippen LogP contribution in [-0.4, -0.2) is 116 Å². The van der Waals surface area contributed by atoms with E-state index in [-0.39, 0.29) is 29.9 Å². The number of amides is 2. The third-order valence-electron chi connectivity index (χ3n) is 7.58. The third kappa shape index (κ3) is 4.60. The number of hydrogen-bond acceptors (Lipinski definition) is 6. The lowest BCUT2D eigenvalue weighted by Crippen LogP contribution is -2.56. The lowest BCUT2D eigenvalue weighted by Gasteiger charge is -2.41. The second kappa shape index (κ2) is 9.29. The number of nitrogens with zero attached hydrogens (tertiary/aromatic N) is 4. The van der Waals surface area contributed by atoms with Gasteiger partial charge in [0, 0.05) is 57.8 Å². The fourth-order valence-electron chi connectivity index (χ4n) is 5.65. The number of likely N-dealkylation sites (N-methyl/N-ethyl adjacent to an activating group) is 2. The molecule has 0 radical (unpaired) electrons. The molecular weight excluding hydrogens is 368 g/mol. The van der Waals surface area contributed by atoms with Crippen LogP contribution in [0.15, 0.2) is 0 Å². The van der Waals surface area contributed by atoms with Crippen LogP contribution in [0.3, 0.4) is 0 Å². The first kappa shape index (κ1) is 21.0. The highest BCUT2D eigenvalue weighted by molar-refractivity contribution is 5.83. The first-order valence-corrected chi connectivity index (χ1v) is 11.5. The van der Waals surface area contributed by atoms with Gasteiger partial charge in [0.15, 0.2) is 0 Å². The number of piperazine rings is 1. The highest BCUT2D eigenvalue weighted by Gasteiger charge is 2.43. The predicted octanol–water partition coefficient (Wildman–Crippen LogP) is -0.487. The van der Waals surface area contributed by atoms with Gasteiger partial charge in [0.2, 0.25) is 11.8 Å². The molecule has 4 fully saturated rings. The van der Waals surface area contributed by atoms with Crippen molar-refractivity contribution in [3.8, 4) is 0 Å². The molecule has 2 amide bonds. The molecule has 0 spiro atoms. The van der Waals surface area contributed by atoms with Crippen molar-refractivity contribution in [2.45, 2.75) is 62.8 Å². The maximum absolute atomic E-state index is 12.8. The van der Waals surface area contributed by atoms with Crippen LogP contribution in [0, 0.1) is 0 Å². The summed E-state index contributed by atoms with van der Waals surface area (Å²) in [5.41, 5.74) is 0. The summed E-state index contributed by atoms with van der Waals surface area (Å²) in [6.07, 6.45) is 6.72. The molecule has 4 saturated heterocycles. The molecule has 164 valence electrons.